The Hall–Kier alpha value is -4.43. The molecule has 1 aliphatic rings. The quantitative estimate of drug-likeness (QED) is 0.316. The highest BCUT2D eigenvalue weighted by Gasteiger charge is 2.21. The molecule has 1 saturated heterocycles. The Balaban J connectivity index is 1.28. The fourth-order valence-electron chi connectivity index (χ4n) is 5.29. The number of carbonyl (C=O) groups excluding carboxylic acids is 1. The van der Waals surface area contributed by atoms with Crippen LogP contribution >= 0.6 is 0 Å². The molecule has 1 fully saturated rings. The predicted octanol–water partition coefficient (Wildman–Crippen LogP) is 5.76. The van der Waals surface area contributed by atoms with Crippen molar-refractivity contribution in [3.63, 3.8) is 0 Å². The van der Waals surface area contributed by atoms with Crippen LogP contribution in [0.1, 0.15) is 45.6 Å². The molecule has 3 aromatic carbocycles. The molecule has 0 unspecified atom stereocenters. The standard InChI is InChI=1S/C33H32F2N4O2/c1-22-29(32(41)38(2)33(36-22)37-31(40)26-6-4-3-5-7-26)18-21-39-19-16-25(17-20-39)30(23-8-12-27(34)13-9-23)24-10-14-28(35)15-11-24/h3-15H,16-21H2,1-2H3,(H,36,37,40). The lowest BCUT2D eigenvalue weighted by atomic mass is 9.88. The van der Waals surface area contributed by atoms with Crippen molar-refractivity contribution in [1.29, 1.82) is 0 Å². The number of rotatable bonds is 7. The van der Waals surface area contributed by atoms with Crippen molar-refractivity contribution < 1.29 is 13.6 Å². The third-order valence-corrected chi connectivity index (χ3v) is 7.61. The molecule has 1 aromatic heterocycles. The average Bonchev–Trinajstić information content (AvgIpc) is 2.99. The van der Waals surface area contributed by atoms with Crippen molar-refractivity contribution in [1.82, 2.24) is 14.5 Å². The van der Waals surface area contributed by atoms with Crippen LogP contribution in [0.4, 0.5) is 14.7 Å². The van der Waals surface area contributed by atoms with E-state index in [2.05, 4.69) is 15.2 Å². The monoisotopic (exact) mass is 554 g/mol. The number of anilines is 1. The van der Waals surface area contributed by atoms with Crippen molar-refractivity contribution in [3.05, 3.63) is 134 Å². The summed E-state index contributed by atoms with van der Waals surface area (Å²) < 4.78 is 28.7. The summed E-state index contributed by atoms with van der Waals surface area (Å²) in [4.78, 5) is 32.6. The smallest absolute Gasteiger partial charge is 0.258 e. The van der Waals surface area contributed by atoms with Crippen LogP contribution in [-0.4, -0.2) is 40.0 Å². The highest BCUT2D eigenvalue weighted by molar-refractivity contribution is 6.03. The minimum Gasteiger partial charge on any atom is -0.302 e. The first kappa shape index (κ1) is 28.1. The van der Waals surface area contributed by atoms with E-state index in [-0.39, 0.29) is 29.0 Å². The van der Waals surface area contributed by atoms with Gasteiger partial charge in [0.05, 0.1) is 5.69 Å². The molecule has 0 bridgehead atoms. The van der Waals surface area contributed by atoms with Crippen molar-refractivity contribution >= 4 is 17.4 Å². The number of nitrogens with zero attached hydrogens (tertiary/aromatic N) is 3. The second kappa shape index (κ2) is 12.4. The fraction of sp³-hybridized carbons (Fsp3) is 0.242. The summed E-state index contributed by atoms with van der Waals surface area (Å²) in [5.41, 5.74) is 5.63. The Kier molecular flexibility index (Phi) is 8.50. The van der Waals surface area contributed by atoms with Gasteiger partial charge in [-0.3, -0.25) is 19.5 Å². The van der Waals surface area contributed by atoms with E-state index in [1.54, 1.807) is 62.5 Å². The minimum absolute atomic E-state index is 0.173. The van der Waals surface area contributed by atoms with E-state index in [4.69, 9.17) is 0 Å². The highest BCUT2D eigenvalue weighted by Crippen LogP contribution is 2.32. The molecule has 41 heavy (non-hydrogen) atoms. The summed E-state index contributed by atoms with van der Waals surface area (Å²) in [6, 6.07) is 21.7. The number of aromatic nitrogens is 2. The molecule has 1 amide bonds. The lowest BCUT2D eigenvalue weighted by Gasteiger charge is -2.30. The molecule has 6 nitrogen and oxygen atoms in total. The van der Waals surface area contributed by atoms with E-state index >= 15 is 0 Å². The molecule has 2 heterocycles. The van der Waals surface area contributed by atoms with Gasteiger partial charge in [-0.2, -0.15) is 0 Å². The van der Waals surface area contributed by atoms with Gasteiger partial charge in [0.2, 0.25) is 5.95 Å². The number of hydrogen-bond donors (Lipinski definition) is 1. The number of hydrogen-bond acceptors (Lipinski definition) is 4. The third kappa shape index (κ3) is 6.49. The molecule has 1 aliphatic heterocycles. The number of halogens is 2. The number of amides is 1. The van der Waals surface area contributed by atoms with Gasteiger partial charge in [-0.25, -0.2) is 13.8 Å². The maximum absolute atomic E-state index is 13.6. The summed E-state index contributed by atoms with van der Waals surface area (Å²) in [5, 5.41) is 2.75. The van der Waals surface area contributed by atoms with Crippen LogP contribution in [0.25, 0.3) is 5.57 Å². The number of carbonyl (C=O) groups is 1. The predicted molar refractivity (Wildman–Crippen MR) is 157 cm³/mol. The van der Waals surface area contributed by atoms with Gasteiger partial charge < -0.3 is 4.90 Å². The largest absolute Gasteiger partial charge is 0.302 e. The second-order valence-corrected chi connectivity index (χ2v) is 10.3. The third-order valence-electron chi connectivity index (χ3n) is 7.61. The van der Waals surface area contributed by atoms with Crippen molar-refractivity contribution in [3.8, 4) is 0 Å². The Bertz CT molecular complexity index is 1570. The number of nitrogens with one attached hydrogen (secondary N) is 1. The minimum atomic E-state index is -0.321. The molecule has 8 heteroatoms. The van der Waals surface area contributed by atoms with Crippen LogP contribution < -0.4 is 10.9 Å². The zero-order chi connectivity index (χ0) is 28.9. The van der Waals surface area contributed by atoms with Gasteiger partial charge in [0.15, 0.2) is 0 Å². The number of likely N-dealkylation sites (tertiary alicyclic amines) is 1. The Morgan fingerprint density at radius 2 is 1.41 bits per heavy atom. The first-order chi connectivity index (χ1) is 19.8. The molecular formula is C33H32F2N4O2. The molecule has 0 saturated carbocycles. The van der Waals surface area contributed by atoms with E-state index in [0.29, 0.717) is 29.8 Å². The van der Waals surface area contributed by atoms with E-state index < -0.39 is 0 Å². The zero-order valence-electron chi connectivity index (χ0n) is 23.2. The summed E-state index contributed by atoms with van der Waals surface area (Å²) >= 11 is 0. The van der Waals surface area contributed by atoms with Gasteiger partial charge in [-0.1, -0.05) is 48.0 Å². The van der Waals surface area contributed by atoms with Crippen LogP contribution in [0.15, 0.2) is 89.2 Å². The Morgan fingerprint density at radius 3 is 1.98 bits per heavy atom. The van der Waals surface area contributed by atoms with Crippen molar-refractivity contribution in [2.45, 2.75) is 26.2 Å². The number of piperidine rings is 1. The normalized spacial score (nSPS) is 13.7. The lowest BCUT2D eigenvalue weighted by molar-refractivity contribution is 0.102. The SMILES string of the molecule is Cc1nc(NC(=O)c2ccccc2)n(C)c(=O)c1CCN1CCC(=C(c2ccc(F)cc2)c2ccc(F)cc2)CC1. The van der Waals surface area contributed by atoms with Gasteiger partial charge >= 0.3 is 0 Å². The van der Waals surface area contributed by atoms with E-state index in [1.165, 1.54) is 34.4 Å². The first-order valence-corrected chi connectivity index (χ1v) is 13.7. The maximum atomic E-state index is 13.6. The van der Waals surface area contributed by atoms with Crippen LogP contribution in [-0.2, 0) is 13.5 Å². The van der Waals surface area contributed by atoms with Gasteiger partial charge in [-0.15, -0.1) is 0 Å². The van der Waals surface area contributed by atoms with Crippen LogP contribution in [0.3, 0.4) is 0 Å². The zero-order valence-corrected chi connectivity index (χ0v) is 23.2. The molecule has 5 rings (SSSR count). The van der Waals surface area contributed by atoms with Gasteiger partial charge in [0, 0.05) is 37.8 Å². The molecule has 0 radical (unpaired) electrons. The summed E-state index contributed by atoms with van der Waals surface area (Å²) in [6.45, 7) is 4.10. The lowest BCUT2D eigenvalue weighted by Crippen LogP contribution is -2.35. The summed E-state index contributed by atoms with van der Waals surface area (Å²) in [7, 11) is 1.61. The topological polar surface area (TPSA) is 67.2 Å². The van der Waals surface area contributed by atoms with E-state index in [0.717, 1.165) is 42.6 Å². The highest BCUT2D eigenvalue weighted by atomic mass is 19.1. The van der Waals surface area contributed by atoms with Gasteiger partial charge in [0.1, 0.15) is 11.6 Å². The molecule has 0 aliphatic carbocycles. The van der Waals surface area contributed by atoms with Crippen molar-refractivity contribution in [2.24, 2.45) is 7.05 Å². The van der Waals surface area contributed by atoms with Crippen LogP contribution in [0.5, 0.6) is 0 Å². The summed E-state index contributed by atoms with van der Waals surface area (Å²) in [5.74, 6) is -0.700. The van der Waals surface area contributed by atoms with Gasteiger partial charge in [-0.05, 0) is 79.3 Å². The Labute approximate surface area is 238 Å². The first-order valence-electron chi connectivity index (χ1n) is 13.7. The summed E-state index contributed by atoms with van der Waals surface area (Å²) in [6.07, 6.45) is 2.16. The molecular weight excluding hydrogens is 522 g/mol. The maximum Gasteiger partial charge on any atom is 0.258 e. The molecule has 0 spiro atoms. The molecule has 0 atom stereocenters. The average molecular weight is 555 g/mol. The number of benzene rings is 3. The van der Waals surface area contributed by atoms with Gasteiger partial charge in [0.25, 0.3) is 11.5 Å². The molecule has 1 N–H and O–H groups in total. The Morgan fingerprint density at radius 1 is 0.854 bits per heavy atom. The molecule has 4 aromatic rings. The van der Waals surface area contributed by atoms with E-state index in [1.807, 2.05) is 6.07 Å². The fourth-order valence-corrected chi connectivity index (χ4v) is 5.29. The van der Waals surface area contributed by atoms with Crippen LogP contribution in [0.2, 0.25) is 0 Å². The van der Waals surface area contributed by atoms with Crippen molar-refractivity contribution in [2.75, 3.05) is 25.0 Å². The molecule has 210 valence electrons. The number of aryl methyl sites for hydroxylation is 1. The van der Waals surface area contributed by atoms with E-state index in [9.17, 15) is 18.4 Å². The van der Waals surface area contributed by atoms with Crippen LogP contribution in [0, 0.1) is 18.6 Å². The second-order valence-electron chi connectivity index (χ2n) is 10.3.